The Kier molecular flexibility index (Phi) is 5.24. The highest BCUT2D eigenvalue weighted by Crippen LogP contribution is 2.25. The van der Waals surface area contributed by atoms with E-state index in [4.69, 9.17) is 11.6 Å². The lowest BCUT2D eigenvalue weighted by molar-refractivity contribution is -0.620. The first-order valence-electron chi connectivity index (χ1n) is 7.38. The summed E-state index contributed by atoms with van der Waals surface area (Å²) in [4.78, 5) is 12.6. The zero-order valence-electron chi connectivity index (χ0n) is 13.7. The summed E-state index contributed by atoms with van der Waals surface area (Å²) in [6.07, 6.45) is 1.65. The number of amides is 1. The lowest BCUT2D eigenvalue weighted by Crippen LogP contribution is -2.39. The van der Waals surface area contributed by atoms with Crippen LogP contribution in [0.5, 0.6) is 0 Å². The van der Waals surface area contributed by atoms with Gasteiger partial charge in [0.2, 0.25) is 5.69 Å². The summed E-state index contributed by atoms with van der Waals surface area (Å²) in [6.45, 7) is 8.24. The van der Waals surface area contributed by atoms with Crippen molar-refractivity contribution < 1.29 is 13.9 Å². The van der Waals surface area contributed by atoms with Crippen molar-refractivity contribution in [2.75, 3.05) is 5.32 Å². The van der Waals surface area contributed by atoms with Crippen molar-refractivity contribution in [3.05, 3.63) is 75.0 Å². The average Bonchev–Trinajstić information content (AvgIpc) is 2.54. The van der Waals surface area contributed by atoms with E-state index >= 15 is 0 Å². The number of allylic oxidation sites excluding steroid dienone is 1. The third-order valence-electron chi connectivity index (χ3n) is 3.98. The minimum atomic E-state index is -0.700. The van der Waals surface area contributed by atoms with E-state index < -0.39 is 11.7 Å². The third kappa shape index (κ3) is 3.12. The van der Waals surface area contributed by atoms with Gasteiger partial charge in [-0.25, -0.2) is 4.39 Å². The largest absolute Gasteiger partial charge is 0.618 e. The molecule has 0 fully saturated rings. The molecule has 1 aromatic carbocycles. The van der Waals surface area contributed by atoms with Gasteiger partial charge in [-0.05, 0) is 31.0 Å². The minimum absolute atomic E-state index is 0.00925. The molecule has 1 heterocycles. The SMILES string of the molecule is C=CCc1c(F)c(C(=O)Nc2cccc(Cl)c2C)c(C)[n+]([O-])c1C. The van der Waals surface area contributed by atoms with Crippen LogP contribution in [0.15, 0.2) is 30.9 Å². The summed E-state index contributed by atoms with van der Waals surface area (Å²) in [6, 6.07) is 5.04. The van der Waals surface area contributed by atoms with Crippen LogP contribution < -0.4 is 10.0 Å². The van der Waals surface area contributed by atoms with Gasteiger partial charge < -0.3 is 10.5 Å². The molecule has 4 nitrogen and oxygen atoms in total. The number of aromatic nitrogens is 1. The maximum atomic E-state index is 14.8. The standard InChI is InChI=1S/C18H18ClFN2O2/c1-5-7-13-11(3)22(24)12(4)16(17(13)20)18(23)21-15-9-6-8-14(19)10(15)2/h5-6,8-9H,1,7H2,2-4H3,(H,21,23). The van der Waals surface area contributed by atoms with Gasteiger partial charge >= 0.3 is 0 Å². The molecule has 0 aliphatic heterocycles. The monoisotopic (exact) mass is 348 g/mol. The van der Waals surface area contributed by atoms with Gasteiger partial charge in [0.25, 0.3) is 5.91 Å². The average molecular weight is 349 g/mol. The number of benzene rings is 1. The zero-order valence-corrected chi connectivity index (χ0v) is 14.5. The van der Waals surface area contributed by atoms with Crippen LogP contribution >= 0.6 is 11.6 Å². The molecule has 2 aromatic rings. The molecule has 6 heteroatoms. The van der Waals surface area contributed by atoms with Crippen LogP contribution in [0.3, 0.4) is 0 Å². The van der Waals surface area contributed by atoms with Gasteiger partial charge in [0.15, 0.2) is 11.5 Å². The Balaban J connectivity index is 2.53. The molecule has 0 atom stereocenters. The maximum absolute atomic E-state index is 14.8. The molecule has 0 aliphatic rings. The molecule has 0 saturated carbocycles. The molecule has 126 valence electrons. The van der Waals surface area contributed by atoms with Crippen LogP contribution in [-0.2, 0) is 6.42 Å². The fraction of sp³-hybridized carbons (Fsp3) is 0.222. The Hall–Kier alpha value is -2.40. The molecule has 0 unspecified atom stereocenters. The lowest BCUT2D eigenvalue weighted by Gasteiger charge is -2.15. The van der Waals surface area contributed by atoms with Gasteiger partial charge in [-0.3, -0.25) is 4.79 Å². The van der Waals surface area contributed by atoms with Crippen LogP contribution in [0, 0.1) is 31.8 Å². The van der Waals surface area contributed by atoms with E-state index in [1.54, 1.807) is 25.1 Å². The van der Waals surface area contributed by atoms with Crippen molar-refractivity contribution in [3.8, 4) is 0 Å². The van der Waals surface area contributed by atoms with Gasteiger partial charge in [0.05, 0.1) is 5.56 Å². The van der Waals surface area contributed by atoms with Gasteiger partial charge in [-0.1, -0.05) is 23.7 Å². The predicted octanol–water partition coefficient (Wildman–Crippen LogP) is 4.02. The number of nitrogens with zero attached hydrogens (tertiary/aromatic N) is 1. The topological polar surface area (TPSA) is 56.0 Å². The normalized spacial score (nSPS) is 10.5. The highest BCUT2D eigenvalue weighted by molar-refractivity contribution is 6.31. The second kappa shape index (κ2) is 7.01. The predicted molar refractivity (Wildman–Crippen MR) is 92.9 cm³/mol. The number of anilines is 1. The molecular weight excluding hydrogens is 331 g/mol. The number of pyridine rings is 1. The van der Waals surface area contributed by atoms with Crippen LogP contribution in [-0.4, -0.2) is 5.91 Å². The number of halogens is 2. The Bertz CT molecular complexity index is 834. The third-order valence-corrected chi connectivity index (χ3v) is 4.39. The quantitative estimate of drug-likeness (QED) is 0.515. The van der Waals surface area contributed by atoms with Crippen LogP contribution in [0.2, 0.25) is 5.02 Å². The highest BCUT2D eigenvalue weighted by Gasteiger charge is 2.28. The number of carbonyl (C=O) groups excluding carboxylic acids is 1. The highest BCUT2D eigenvalue weighted by atomic mass is 35.5. The van der Waals surface area contributed by atoms with Crippen LogP contribution in [0.4, 0.5) is 10.1 Å². The summed E-state index contributed by atoms with van der Waals surface area (Å²) in [5.74, 6) is -1.39. The molecule has 1 aromatic heterocycles. The van der Waals surface area contributed by atoms with Crippen molar-refractivity contribution in [1.82, 2.24) is 0 Å². The van der Waals surface area contributed by atoms with Crippen molar-refractivity contribution in [2.45, 2.75) is 27.2 Å². The van der Waals surface area contributed by atoms with Gasteiger partial charge in [-0.2, -0.15) is 4.73 Å². The molecule has 0 bridgehead atoms. The number of hydrogen-bond acceptors (Lipinski definition) is 2. The molecule has 0 spiro atoms. The minimum Gasteiger partial charge on any atom is -0.618 e. The first-order chi connectivity index (χ1) is 11.3. The van der Waals surface area contributed by atoms with Gasteiger partial charge in [0, 0.05) is 24.6 Å². The fourth-order valence-electron chi connectivity index (χ4n) is 2.52. The van der Waals surface area contributed by atoms with E-state index in [-0.39, 0.29) is 28.9 Å². The first kappa shape index (κ1) is 17.9. The van der Waals surface area contributed by atoms with Gasteiger partial charge in [-0.15, -0.1) is 6.58 Å². The van der Waals surface area contributed by atoms with E-state index in [0.717, 1.165) is 0 Å². The summed E-state index contributed by atoms with van der Waals surface area (Å²) in [7, 11) is 0. The molecule has 2 rings (SSSR count). The van der Waals surface area contributed by atoms with E-state index in [2.05, 4.69) is 11.9 Å². The van der Waals surface area contributed by atoms with E-state index in [1.165, 1.54) is 19.9 Å². The van der Waals surface area contributed by atoms with Crippen molar-refractivity contribution >= 4 is 23.2 Å². The summed E-state index contributed by atoms with van der Waals surface area (Å²) in [5, 5.41) is 15.3. The number of carbonyl (C=O) groups is 1. The van der Waals surface area contributed by atoms with Crippen molar-refractivity contribution in [1.29, 1.82) is 0 Å². The first-order valence-corrected chi connectivity index (χ1v) is 7.75. The molecule has 24 heavy (non-hydrogen) atoms. The maximum Gasteiger partial charge on any atom is 0.265 e. The lowest BCUT2D eigenvalue weighted by atomic mass is 10.0. The van der Waals surface area contributed by atoms with Crippen LogP contribution in [0.1, 0.15) is 32.9 Å². The van der Waals surface area contributed by atoms with Gasteiger partial charge in [0.1, 0.15) is 5.56 Å². The smallest absolute Gasteiger partial charge is 0.265 e. The zero-order chi connectivity index (χ0) is 18.0. The number of rotatable bonds is 4. The molecular formula is C18H18ClFN2O2. The Labute approximate surface area is 145 Å². The molecule has 0 radical (unpaired) electrons. The second-order valence-corrected chi connectivity index (χ2v) is 5.90. The van der Waals surface area contributed by atoms with Crippen LogP contribution in [0.25, 0.3) is 0 Å². The Morgan fingerprint density at radius 3 is 2.67 bits per heavy atom. The molecule has 0 saturated heterocycles. The summed E-state index contributed by atoms with van der Waals surface area (Å²) in [5.41, 5.74) is 1.26. The van der Waals surface area contributed by atoms with E-state index in [1.807, 2.05) is 0 Å². The van der Waals surface area contributed by atoms with Crippen molar-refractivity contribution in [2.24, 2.45) is 0 Å². The fourth-order valence-corrected chi connectivity index (χ4v) is 2.69. The molecule has 1 N–H and O–H groups in total. The molecule has 0 aliphatic carbocycles. The summed E-state index contributed by atoms with van der Waals surface area (Å²) < 4.78 is 15.4. The van der Waals surface area contributed by atoms with E-state index in [0.29, 0.717) is 21.0 Å². The number of nitrogens with one attached hydrogen (secondary N) is 1. The van der Waals surface area contributed by atoms with Crippen molar-refractivity contribution in [3.63, 3.8) is 0 Å². The van der Waals surface area contributed by atoms with E-state index in [9.17, 15) is 14.4 Å². The summed E-state index contributed by atoms with van der Waals surface area (Å²) >= 11 is 6.03. The number of hydrogen-bond donors (Lipinski definition) is 1. The Morgan fingerprint density at radius 2 is 2.04 bits per heavy atom. The molecule has 1 amide bonds. The second-order valence-electron chi connectivity index (χ2n) is 5.49. The Morgan fingerprint density at radius 1 is 1.38 bits per heavy atom.